The van der Waals surface area contributed by atoms with Gasteiger partial charge in [0.2, 0.25) is 11.8 Å². The van der Waals surface area contributed by atoms with Crippen molar-refractivity contribution in [2.45, 2.75) is 20.3 Å². The minimum absolute atomic E-state index is 0.317. The SMILES string of the molecule is CCN/C=C(\C=N)Nc1ccc(Cc2c[nH]c3ncnc(OCC)c23)c(F)n1. The van der Waals surface area contributed by atoms with Gasteiger partial charge in [0.05, 0.1) is 17.7 Å². The van der Waals surface area contributed by atoms with E-state index in [2.05, 4.69) is 30.6 Å². The number of pyridine rings is 1. The number of aromatic amines is 1. The highest BCUT2D eigenvalue weighted by atomic mass is 19.1. The van der Waals surface area contributed by atoms with Gasteiger partial charge in [0.25, 0.3) is 0 Å². The van der Waals surface area contributed by atoms with Crippen molar-refractivity contribution in [2.24, 2.45) is 0 Å². The second kappa shape index (κ2) is 8.94. The van der Waals surface area contributed by atoms with Crippen LogP contribution in [0.4, 0.5) is 10.2 Å². The van der Waals surface area contributed by atoms with Crippen molar-refractivity contribution in [3.63, 3.8) is 0 Å². The topological polar surface area (TPSA) is 112 Å². The van der Waals surface area contributed by atoms with Crippen molar-refractivity contribution in [1.82, 2.24) is 25.3 Å². The molecule has 4 N–H and O–H groups in total. The lowest BCUT2D eigenvalue weighted by Crippen LogP contribution is -2.11. The normalized spacial score (nSPS) is 11.5. The zero-order valence-corrected chi connectivity index (χ0v) is 15.7. The van der Waals surface area contributed by atoms with Crippen molar-refractivity contribution >= 4 is 23.1 Å². The van der Waals surface area contributed by atoms with Gasteiger partial charge in [-0.15, -0.1) is 0 Å². The highest BCUT2D eigenvalue weighted by Gasteiger charge is 2.15. The zero-order chi connectivity index (χ0) is 19.9. The smallest absolute Gasteiger partial charge is 0.226 e. The van der Waals surface area contributed by atoms with Gasteiger partial charge in [-0.1, -0.05) is 6.07 Å². The lowest BCUT2D eigenvalue weighted by Gasteiger charge is -2.09. The van der Waals surface area contributed by atoms with Crippen LogP contribution in [0.25, 0.3) is 11.0 Å². The number of rotatable bonds is 9. The Balaban J connectivity index is 1.84. The predicted octanol–water partition coefficient (Wildman–Crippen LogP) is 2.99. The van der Waals surface area contributed by atoms with Crippen LogP contribution in [0.3, 0.4) is 0 Å². The fraction of sp³-hybridized carbons (Fsp3) is 0.263. The molecule has 0 spiro atoms. The molecule has 3 aromatic rings. The molecule has 0 aliphatic heterocycles. The van der Waals surface area contributed by atoms with Crippen molar-refractivity contribution in [1.29, 1.82) is 5.41 Å². The molecule has 0 aliphatic rings. The van der Waals surface area contributed by atoms with Crippen molar-refractivity contribution < 1.29 is 9.13 Å². The summed E-state index contributed by atoms with van der Waals surface area (Å²) in [5, 5.41) is 14.0. The number of fused-ring (bicyclic) bond motifs is 1. The van der Waals surface area contributed by atoms with E-state index < -0.39 is 5.95 Å². The summed E-state index contributed by atoms with van der Waals surface area (Å²) in [7, 11) is 0. The number of allylic oxidation sites excluding steroid dienone is 1. The van der Waals surface area contributed by atoms with E-state index >= 15 is 0 Å². The number of hydrogen-bond acceptors (Lipinski definition) is 7. The number of halogens is 1. The van der Waals surface area contributed by atoms with Gasteiger partial charge >= 0.3 is 0 Å². The van der Waals surface area contributed by atoms with E-state index in [1.807, 2.05) is 13.8 Å². The summed E-state index contributed by atoms with van der Waals surface area (Å²) in [5.74, 6) is 0.215. The van der Waals surface area contributed by atoms with E-state index in [4.69, 9.17) is 10.1 Å². The molecule has 0 bridgehead atoms. The van der Waals surface area contributed by atoms with Gasteiger partial charge in [-0.25, -0.2) is 15.0 Å². The third-order valence-corrected chi connectivity index (χ3v) is 3.99. The number of anilines is 1. The Morgan fingerprint density at radius 3 is 2.86 bits per heavy atom. The zero-order valence-electron chi connectivity index (χ0n) is 15.7. The number of ether oxygens (including phenoxy) is 1. The Morgan fingerprint density at radius 1 is 1.29 bits per heavy atom. The third kappa shape index (κ3) is 4.25. The molecule has 9 heteroatoms. The van der Waals surface area contributed by atoms with E-state index in [0.717, 1.165) is 23.7 Å². The summed E-state index contributed by atoms with van der Waals surface area (Å²) in [5.41, 5.74) is 2.39. The summed E-state index contributed by atoms with van der Waals surface area (Å²) in [6.07, 6.45) is 6.30. The number of hydrogen-bond donors (Lipinski definition) is 4. The van der Waals surface area contributed by atoms with Crippen molar-refractivity contribution in [3.05, 3.63) is 53.6 Å². The molecule has 28 heavy (non-hydrogen) atoms. The number of nitrogens with one attached hydrogen (secondary N) is 4. The molecule has 0 saturated heterocycles. The van der Waals surface area contributed by atoms with Crippen LogP contribution in [0.5, 0.6) is 5.88 Å². The highest BCUT2D eigenvalue weighted by Crippen LogP contribution is 2.27. The number of H-pyrrole nitrogens is 1. The molecule has 0 atom stereocenters. The van der Waals surface area contributed by atoms with Gasteiger partial charge in [0.1, 0.15) is 17.8 Å². The minimum Gasteiger partial charge on any atom is -0.477 e. The van der Waals surface area contributed by atoms with Crippen LogP contribution in [-0.4, -0.2) is 39.3 Å². The van der Waals surface area contributed by atoms with Crippen LogP contribution in [0.2, 0.25) is 0 Å². The summed E-state index contributed by atoms with van der Waals surface area (Å²) in [6, 6.07) is 3.35. The Kier molecular flexibility index (Phi) is 6.15. The molecule has 0 aliphatic carbocycles. The minimum atomic E-state index is -0.582. The molecule has 0 saturated carbocycles. The van der Waals surface area contributed by atoms with Gasteiger partial charge in [-0.05, 0) is 25.5 Å². The predicted molar refractivity (Wildman–Crippen MR) is 106 cm³/mol. The average molecular weight is 383 g/mol. The van der Waals surface area contributed by atoms with E-state index in [9.17, 15) is 4.39 Å². The van der Waals surface area contributed by atoms with E-state index in [1.54, 1.807) is 24.5 Å². The summed E-state index contributed by atoms with van der Waals surface area (Å²) < 4.78 is 20.2. The molecule has 0 radical (unpaired) electrons. The third-order valence-electron chi connectivity index (χ3n) is 3.99. The van der Waals surface area contributed by atoms with Crippen LogP contribution in [-0.2, 0) is 6.42 Å². The van der Waals surface area contributed by atoms with Gasteiger partial charge in [0, 0.05) is 37.1 Å². The summed E-state index contributed by atoms with van der Waals surface area (Å²) >= 11 is 0. The molecule has 146 valence electrons. The maximum atomic E-state index is 14.6. The van der Waals surface area contributed by atoms with Crippen molar-refractivity contribution in [2.75, 3.05) is 18.5 Å². The molecule has 3 rings (SSSR count). The maximum absolute atomic E-state index is 14.6. The van der Waals surface area contributed by atoms with Crippen LogP contribution in [0.1, 0.15) is 25.0 Å². The first-order valence-corrected chi connectivity index (χ1v) is 8.96. The first-order chi connectivity index (χ1) is 13.7. The molecule has 8 nitrogen and oxygen atoms in total. The fourth-order valence-electron chi connectivity index (χ4n) is 2.73. The molecule has 0 amide bonds. The maximum Gasteiger partial charge on any atom is 0.226 e. The fourth-order valence-corrected chi connectivity index (χ4v) is 2.73. The molecule has 0 unspecified atom stereocenters. The molecule has 0 aromatic carbocycles. The molecular weight excluding hydrogens is 361 g/mol. The molecule has 3 heterocycles. The largest absolute Gasteiger partial charge is 0.477 e. The van der Waals surface area contributed by atoms with Gasteiger partial charge in [0.15, 0.2) is 0 Å². The first-order valence-electron chi connectivity index (χ1n) is 8.96. The van der Waals surface area contributed by atoms with E-state index in [1.165, 1.54) is 6.33 Å². The van der Waals surface area contributed by atoms with E-state index in [-0.39, 0.29) is 0 Å². The number of nitrogens with zero attached hydrogens (tertiary/aromatic N) is 3. The van der Waals surface area contributed by atoms with Gasteiger partial charge in [-0.3, -0.25) is 0 Å². The van der Waals surface area contributed by atoms with Crippen LogP contribution in [0, 0.1) is 11.4 Å². The molecule has 3 aromatic heterocycles. The number of aromatic nitrogens is 4. The molecular formula is C19H22FN7O. The molecule has 0 fully saturated rings. The second-order valence-electron chi connectivity index (χ2n) is 5.90. The van der Waals surface area contributed by atoms with Gasteiger partial charge in [-0.2, -0.15) is 4.39 Å². The first kappa shape index (κ1) is 19.3. The Bertz CT molecular complexity index is 999. The quantitative estimate of drug-likeness (QED) is 0.334. The van der Waals surface area contributed by atoms with Crippen molar-refractivity contribution in [3.8, 4) is 5.88 Å². The Labute approximate surface area is 161 Å². The highest BCUT2D eigenvalue weighted by molar-refractivity contribution is 5.85. The average Bonchev–Trinajstić information content (AvgIpc) is 3.11. The van der Waals surface area contributed by atoms with Crippen LogP contribution in [0.15, 0.2) is 36.6 Å². The lowest BCUT2D eigenvalue weighted by molar-refractivity contribution is 0.330. The summed E-state index contributed by atoms with van der Waals surface area (Å²) in [4.78, 5) is 15.4. The van der Waals surface area contributed by atoms with E-state index in [0.29, 0.717) is 41.6 Å². The van der Waals surface area contributed by atoms with Gasteiger partial charge < -0.3 is 25.8 Å². The summed E-state index contributed by atoms with van der Waals surface area (Å²) in [6.45, 7) is 5.01. The Morgan fingerprint density at radius 2 is 2.14 bits per heavy atom. The standard InChI is InChI=1S/C19H22FN7O/c1-3-22-10-14(8-21)26-15-6-5-12(17(20)27-15)7-13-9-23-18-16(13)19(28-4-2)25-11-24-18/h5-6,8-11,21-22H,3-4,7H2,1-2H3,(H,26,27)(H,23,24,25)/b14-10+,21-8?. The second-order valence-corrected chi connectivity index (χ2v) is 5.90. The Hall–Kier alpha value is -3.49. The van der Waals surface area contributed by atoms with Crippen LogP contribution < -0.4 is 15.4 Å². The van der Waals surface area contributed by atoms with Crippen LogP contribution >= 0.6 is 0 Å². The lowest BCUT2D eigenvalue weighted by atomic mass is 10.1. The monoisotopic (exact) mass is 383 g/mol.